The van der Waals surface area contributed by atoms with E-state index in [0.29, 0.717) is 24.7 Å². The van der Waals surface area contributed by atoms with Gasteiger partial charge in [0.1, 0.15) is 18.5 Å². The number of ether oxygens (including phenoxy) is 3. The number of nitrogens with zero attached hydrogens (tertiary/aromatic N) is 2. The van der Waals surface area contributed by atoms with Crippen molar-refractivity contribution in [2.75, 3.05) is 46.1 Å². The van der Waals surface area contributed by atoms with Gasteiger partial charge in [-0.15, -0.1) is 0 Å². The molecule has 7 heteroatoms. The number of fused-ring (bicyclic) bond motifs is 1. The highest BCUT2D eigenvalue weighted by atomic mass is 16.7. The number of aliphatic hydroxyl groups is 1. The first-order valence-electron chi connectivity index (χ1n) is 10.3. The molecule has 0 aromatic heterocycles. The Balaban J connectivity index is 1.17. The van der Waals surface area contributed by atoms with Gasteiger partial charge in [-0.1, -0.05) is 6.07 Å². The minimum atomic E-state index is -0.558. The monoisotopic (exact) mass is 412 g/mol. The van der Waals surface area contributed by atoms with Crippen molar-refractivity contribution < 1.29 is 24.1 Å². The average Bonchev–Trinajstić information content (AvgIpc) is 3.22. The van der Waals surface area contributed by atoms with Crippen LogP contribution in [0, 0.1) is 0 Å². The largest absolute Gasteiger partial charge is 0.491 e. The summed E-state index contributed by atoms with van der Waals surface area (Å²) in [5, 5.41) is 10.3. The maximum Gasteiger partial charge on any atom is 0.231 e. The van der Waals surface area contributed by atoms with Gasteiger partial charge >= 0.3 is 0 Å². The molecule has 2 aromatic carbocycles. The van der Waals surface area contributed by atoms with Crippen molar-refractivity contribution >= 4 is 5.78 Å². The van der Waals surface area contributed by atoms with E-state index in [1.807, 2.05) is 6.07 Å². The van der Waals surface area contributed by atoms with Crippen molar-refractivity contribution in [3.8, 4) is 17.2 Å². The lowest BCUT2D eigenvalue weighted by molar-refractivity contribution is 0.0446. The number of hydrogen-bond donors (Lipinski definition) is 1. The van der Waals surface area contributed by atoms with E-state index in [4.69, 9.17) is 14.2 Å². The number of carbonyl (C=O) groups excluding carboxylic acids is 1. The minimum absolute atomic E-state index is 0.0271. The van der Waals surface area contributed by atoms with Crippen molar-refractivity contribution in [3.63, 3.8) is 0 Å². The van der Waals surface area contributed by atoms with E-state index < -0.39 is 6.10 Å². The van der Waals surface area contributed by atoms with E-state index in [0.717, 1.165) is 44.2 Å². The fourth-order valence-electron chi connectivity index (χ4n) is 3.76. The second kappa shape index (κ2) is 9.47. The van der Waals surface area contributed by atoms with Gasteiger partial charge in [0, 0.05) is 44.8 Å². The molecule has 0 amide bonds. The Morgan fingerprint density at radius 2 is 1.73 bits per heavy atom. The zero-order valence-electron chi connectivity index (χ0n) is 17.3. The lowest BCUT2D eigenvalue weighted by Crippen LogP contribution is -2.48. The highest BCUT2D eigenvalue weighted by molar-refractivity contribution is 5.94. The molecule has 0 bridgehead atoms. The normalized spacial score (nSPS) is 17.7. The molecule has 0 radical (unpaired) electrons. The van der Waals surface area contributed by atoms with E-state index in [1.54, 1.807) is 24.3 Å². The van der Waals surface area contributed by atoms with Crippen molar-refractivity contribution in [3.05, 3.63) is 53.6 Å². The van der Waals surface area contributed by atoms with Gasteiger partial charge in [0.15, 0.2) is 17.3 Å². The zero-order valence-corrected chi connectivity index (χ0v) is 17.3. The maximum atomic E-state index is 11.3. The molecule has 2 heterocycles. The van der Waals surface area contributed by atoms with Gasteiger partial charge in [-0.25, -0.2) is 0 Å². The van der Waals surface area contributed by atoms with Crippen molar-refractivity contribution in [1.82, 2.24) is 9.80 Å². The molecular weight excluding hydrogens is 384 g/mol. The summed E-state index contributed by atoms with van der Waals surface area (Å²) in [6.45, 7) is 7.27. The van der Waals surface area contributed by atoms with Crippen LogP contribution in [0.2, 0.25) is 0 Å². The second-order valence-corrected chi connectivity index (χ2v) is 7.81. The number of piperazine rings is 1. The molecule has 1 N–H and O–H groups in total. The first kappa shape index (κ1) is 20.7. The lowest BCUT2D eigenvalue weighted by atomic mass is 10.1. The van der Waals surface area contributed by atoms with Crippen LogP contribution in [0.1, 0.15) is 22.8 Å². The number of ketones is 1. The number of rotatable bonds is 8. The first-order chi connectivity index (χ1) is 14.6. The van der Waals surface area contributed by atoms with Gasteiger partial charge in [0.25, 0.3) is 0 Å². The summed E-state index contributed by atoms with van der Waals surface area (Å²) in [4.78, 5) is 16.0. The zero-order chi connectivity index (χ0) is 20.9. The molecule has 2 aliphatic rings. The van der Waals surface area contributed by atoms with Gasteiger partial charge in [-0.3, -0.25) is 14.6 Å². The molecule has 0 spiro atoms. The molecule has 1 fully saturated rings. The van der Waals surface area contributed by atoms with Crippen LogP contribution < -0.4 is 14.2 Å². The standard InChI is InChI=1S/C23H28N2O5/c1-17(26)19-3-5-21(6-4-19)28-15-20(27)14-25-10-8-24(9-11-25)13-18-2-7-22-23(12-18)30-16-29-22/h2-7,12,20,27H,8-11,13-16H2,1H3/t20-/m0/s1. The Hall–Kier alpha value is -2.61. The Morgan fingerprint density at radius 3 is 2.47 bits per heavy atom. The van der Waals surface area contributed by atoms with Crippen molar-refractivity contribution in [2.24, 2.45) is 0 Å². The van der Waals surface area contributed by atoms with E-state index in [9.17, 15) is 9.90 Å². The quantitative estimate of drug-likeness (QED) is 0.667. The molecule has 30 heavy (non-hydrogen) atoms. The van der Waals surface area contributed by atoms with Crippen LogP contribution in [-0.4, -0.2) is 72.9 Å². The second-order valence-electron chi connectivity index (χ2n) is 7.81. The van der Waals surface area contributed by atoms with Crippen LogP contribution in [0.4, 0.5) is 0 Å². The van der Waals surface area contributed by atoms with Gasteiger partial charge in [0.05, 0.1) is 0 Å². The molecule has 2 aliphatic heterocycles. The molecule has 7 nitrogen and oxygen atoms in total. The van der Waals surface area contributed by atoms with Crippen LogP contribution >= 0.6 is 0 Å². The summed E-state index contributed by atoms with van der Waals surface area (Å²) in [7, 11) is 0. The third-order valence-corrected chi connectivity index (χ3v) is 5.48. The Labute approximate surface area is 176 Å². The predicted molar refractivity (Wildman–Crippen MR) is 112 cm³/mol. The summed E-state index contributed by atoms with van der Waals surface area (Å²) >= 11 is 0. The lowest BCUT2D eigenvalue weighted by Gasteiger charge is -2.35. The number of aliphatic hydroxyl groups excluding tert-OH is 1. The topological polar surface area (TPSA) is 71.5 Å². The molecule has 0 aliphatic carbocycles. The number of carbonyl (C=O) groups is 1. The Kier molecular flexibility index (Phi) is 6.52. The van der Waals surface area contributed by atoms with Crippen LogP contribution in [0.25, 0.3) is 0 Å². The number of hydrogen-bond acceptors (Lipinski definition) is 7. The third-order valence-electron chi connectivity index (χ3n) is 5.48. The van der Waals surface area contributed by atoms with E-state index in [2.05, 4.69) is 21.9 Å². The maximum absolute atomic E-state index is 11.3. The predicted octanol–water partition coefficient (Wildman–Crippen LogP) is 2.18. The Morgan fingerprint density at radius 1 is 1.03 bits per heavy atom. The van der Waals surface area contributed by atoms with Crippen molar-refractivity contribution in [1.29, 1.82) is 0 Å². The minimum Gasteiger partial charge on any atom is -0.491 e. The smallest absolute Gasteiger partial charge is 0.231 e. The molecule has 160 valence electrons. The van der Waals surface area contributed by atoms with Crippen molar-refractivity contribution in [2.45, 2.75) is 19.6 Å². The van der Waals surface area contributed by atoms with E-state index in [1.165, 1.54) is 12.5 Å². The van der Waals surface area contributed by atoms with Gasteiger partial charge in [0.2, 0.25) is 6.79 Å². The van der Waals surface area contributed by atoms with Gasteiger partial charge in [-0.05, 0) is 48.9 Å². The highest BCUT2D eigenvalue weighted by Gasteiger charge is 2.21. The summed E-state index contributed by atoms with van der Waals surface area (Å²) in [5.74, 6) is 2.33. The summed E-state index contributed by atoms with van der Waals surface area (Å²) in [6, 6.07) is 13.1. The van der Waals surface area contributed by atoms with Crippen LogP contribution in [0.5, 0.6) is 17.2 Å². The van der Waals surface area contributed by atoms with Gasteiger partial charge < -0.3 is 19.3 Å². The third kappa shape index (κ3) is 5.30. The number of β-amino-alcohol motifs (C(OH)–C–C–N with tert-alkyl or cyclic N) is 1. The molecule has 0 saturated carbocycles. The molecular formula is C23H28N2O5. The SMILES string of the molecule is CC(=O)c1ccc(OC[C@@H](O)CN2CCN(Cc3ccc4c(c3)OCO4)CC2)cc1. The Bertz CT molecular complexity index is 862. The molecule has 2 aromatic rings. The van der Waals surface area contributed by atoms with Gasteiger partial charge in [-0.2, -0.15) is 0 Å². The average molecular weight is 412 g/mol. The summed E-state index contributed by atoms with van der Waals surface area (Å²) < 4.78 is 16.5. The van der Waals surface area contributed by atoms with E-state index in [-0.39, 0.29) is 12.4 Å². The number of benzene rings is 2. The van der Waals surface area contributed by atoms with Crippen LogP contribution in [0.3, 0.4) is 0 Å². The summed E-state index contributed by atoms with van der Waals surface area (Å²) in [6.07, 6.45) is -0.558. The molecule has 4 rings (SSSR count). The fourth-order valence-corrected chi connectivity index (χ4v) is 3.76. The van der Waals surface area contributed by atoms with E-state index >= 15 is 0 Å². The molecule has 1 saturated heterocycles. The van der Waals surface area contributed by atoms with Crippen LogP contribution in [-0.2, 0) is 6.54 Å². The molecule has 0 unspecified atom stereocenters. The molecule has 1 atom stereocenters. The highest BCUT2D eigenvalue weighted by Crippen LogP contribution is 2.32. The first-order valence-corrected chi connectivity index (χ1v) is 10.3. The number of Topliss-reactive ketones (excluding diaryl/α,β-unsaturated/α-hetero) is 1. The van der Waals surface area contributed by atoms with Crippen LogP contribution in [0.15, 0.2) is 42.5 Å². The summed E-state index contributed by atoms with van der Waals surface area (Å²) in [5.41, 5.74) is 1.87. The fraction of sp³-hybridized carbons (Fsp3) is 0.435.